The zero-order valence-corrected chi connectivity index (χ0v) is 10.1. The van der Waals surface area contributed by atoms with Crippen LogP contribution in [-0.4, -0.2) is 44.9 Å². The van der Waals surface area contributed by atoms with E-state index >= 15 is 0 Å². The lowest BCUT2D eigenvalue weighted by atomic mass is 10.4. The molecule has 0 spiro atoms. The molecule has 0 aromatic carbocycles. The van der Waals surface area contributed by atoms with Crippen LogP contribution < -0.4 is 0 Å². The SMILES string of the molecule is CN(C)C(=O)c1ccn(-c2ccc(Cl)nn2)n1. The van der Waals surface area contributed by atoms with Crippen LogP contribution >= 0.6 is 11.6 Å². The molecule has 1 amide bonds. The van der Waals surface area contributed by atoms with Crippen molar-refractivity contribution in [2.75, 3.05) is 14.1 Å². The Morgan fingerprint density at radius 2 is 2.06 bits per heavy atom. The Labute approximate surface area is 103 Å². The first-order valence-corrected chi connectivity index (χ1v) is 5.22. The summed E-state index contributed by atoms with van der Waals surface area (Å²) in [5.41, 5.74) is 0.353. The molecule has 0 aliphatic heterocycles. The van der Waals surface area contributed by atoms with Crippen molar-refractivity contribution >= 4 is 17.5 Å². The summed E-state index contributed by atoms with van der Waals surface area (Å²) in [6, 6.07) is 4.91. The molecule has 2 heterocycles. The minimum atomic E-state index is -0.161. The summed E-state index contributed by atoms with van der Waals surface area (Å²) < 4.78 is 1.47. The van der Waals surface area contributed by atoms with E-state index in [1.54, 1.807) is 38.5 Å². The van der Waals surface area contributed by atoms with Gasteiger partial charge in [0.2, 0.25) is 0 Å². The number of carbonyl (C=O) groups is 1. The average molecular weight is 252 g/mol. The maximum absolute atomic E-state index is 11.6. The highest BCUT2D eigenvalue weighted by atomic mass is 35.5. The molecule has 2 rings (SSSR count). The molecule has 0 N–H and O–H groups in total. The van der Waals surface area contributed by atoms with E-state index in [1.807, 2.05) is 0 Å². The lowest BCUT2D eigenvalue weighted by molar-refractivity contribution is 0.0821. The van der Waals surface area contributed by atoms with Crippen LogP contribution in [0.2, 0.25) is 5.15 Å². The Hall–Kier alpha value is -1.95. The molecule has 0 radical (unpaired) electrons. The zero-order valence-electron chi connectivity index (χ0n) is 9.33. The van der Waals surface area contributed by atoms with Gasteiger partial charge in [0.25, 0.3) is 5.91 Å². The van der Waals surface area contributed by atoms with E-state index in [1.165, 1.54) is 9.58 Å². The first kappa shape index (κ1) is 11.5. The molecule has 17 heavy (non-hydrogen) atoms. The van der Waals surface area contributed by atoms with Gasteiger partial charge in [0, 0.05) is 20.3 Å². The largest absolute Gasteiger partial charge is 0.343 e. The molecule has 7 heteroatoms. The Bertz CT molecular complexity index is 534. The molecule has 0 atom stereocenters. The van der Waals surface area contributed by atoms with E-state index in [0.29, 0.717) is 16.7 Å². The summed E-state index contributed by atoms with van der Waals surface area (Å²) in [6.07, 6.45) is 1.65. The van der Waals surface area contributed by atoms with Crippen molar-refractivity contribution in [1.82, 2.24) is 24.9 Å². The monoisotopic (exact) mass is 251 g/mol. The molecule has 0 saturated heterocycles. The van der Waals surface area contributed by atoms with Gasteiger partial charge in [-0.05, 0) is 18.2 Å². The van der Waals surface area contributed by atoms with Crippen molar-refractivity contribution in [2.24, 2.45) is 0 Å². The van der Waals surface area contributed by atoms with Gasteiger partial charge in [0.05, 0.1) is 0 Å². The highest BCUT2D eigenvalue weighted by molar-refractivity contribution is 6.29. The van der Waals surface area contributed by atoms with E-state index in [4.69, 9.17) is 11.6 Å². The van der Waals surface area contributed by atoms with Gasteiger partial charge in [-0.3, -0.25) is 4.79 Å². The molecule has 2 aromatic rings. The minimum absolute atomic E-state index is 0.161. The molecule has 0 fully saturated rings. The van der Waals surface area contributed by atoms with Gasteiger partial charge >= 0.3 is 0 Å². The number of aromatic nitrogens is 4. The molecular formula is C10H10ClN5O. The normalized spacial score (nSPS) is 10.3. The maximum atomic E-state index is 11.6. The second-order valence-electron chi connectivity index (χ2n) is 3.56. The van der Waals surface area contributed by atoms with Crippen LogP contribution in [0.4, 0.5) is 0 Å². The summed E-state index contributed by atoms with van der Waals surface area (Å²) in [7, 11) is 3.34. The highest BCUT2D eigenvalue weighted by Gasteiger charge is 2.12. The third-order valence-electron chi connectivity index (χ3n) is 2.07. The highest BCUT2D eigenvalue weighted by Crippen LogP contribution is 2.07. The molecular weight excluding hydrogens is 242 g/mol. The number of nitrogens with zero attached hydrogens (tertiary/aromatic N) is 5. The van der Waals surface area contributed by atoms with Crippen LogP contribution in [0.1, 0.15) is 10.5 Å². The fraction of sp³-hybridized carbons (Fsp3) is 0.200. The van der Waals surface area contributed by atoms with Gasteiger partial charge < -0.3 is 4.90 Å². The fourth-order valence-electron chi connectivity index (χ4n) is 1.23. The third kappa shape index (κ3) is 2.42. The van der Waals surface area contributed by atoms with Gasteiger partial charge in [-0.25, -0.2) is 4.68 Å². The number of amides is 1. The zero-order chi connectivity index (χ0) is 12.4. The Balaban J connectivity index is 2.30. The lowest BCUT2D eigenvalue weighted by Gasteiger charge is -2.06. The quantitative estimate of drug-likeness (QED) is 0.799. The molecule has 6 nitrogen and oxygen atoms in total. The van der Waals surface area contributed by atoms with Gasteiger partial charge in [-0.15, -0.1) is 10.2 Å². The lowest BCUT2D eigenvalue weighted by Crippen LogP contribution is -2.22. The van der Waals surface area contributed by atoms with Crippen molar-refractivity contribution in [1.29, 1.82) is 0 Å². The van der Waals surface area contributed by atoms with Crippen LogP contribution in [-0.2, 0) is 0 Å². The molecule has 0 aliphatic carbocycles. The van der Waals surface area contributed by atoms with Crippen LogP contribution in [0.3, 0.4) is 0 Å². The summed E-state index contributed by atoms with van der Waals surface area (Å²) in [5, 5.41) is 12.0. The number of rotatable bonds is 2. The molecule has 88 valence electrons. The summed E-state index contributed by atoms with van der Waals surface area (Å²) in [6.45, 7) is 0. The predicted octanol–water partition coefficient (Wildman–Crippen LogP) is 1.02. The van der Waals surface area contributed by atoms with Crippen molar-refractivity contribution < 1.29 is 4.79 Å². The van der Waals surface area contributed by atoms with Gasteiger partial charge in [0.15, 0.2) is 16.7 Å². The smallest absolute Gasteiger partial charge is 0.273 e. The molecule has 2 aromatic heterocycles. The minimum Gasteiger partial charge on any atom is -0.343 e. The standard InChI is InChI=1S/C10H10ClN5O/c1-15(2)10(17)7-5-6-16(14-7)9-4-3-8(11)12-13-9/h3-6H,1-2H3. The predicted molar refractivity (Wildman–Crippen MR) is 62.2 cm³/mol. The third-order valence-corrected chi connectivity index (χ3v) is 2.27. The average Bonchev–Trinajstić information content (AvgIpc) is 2.78. The summed E-state index contributed by atoms with van der Waals surface area (Å²) in [5.74, 6) is 0.345. The van der Waals surface area contributed by atoms with Crippen LogP contribution in [0.5, 0.6) is 0 Å². The Morgan fingerprint density at radius 3 is 2.65 bits per heavy atom. The second kappa shape index (κ2) is 4.50. The Morgan fingerprint density at radius 1 is 1.29 bits per heavy atom. The van der Waals surface area contributed by atoms with Crippen LogP contribution in [0.25, 0.3) is 5.82 Å². The molecule has 0 aliphatic rings. The van der Waals surface area contributed by atoms with E-state index in [-0.39, 0.29) is 5.91 Å². The fourth-order valence-corrected chi connectivity index (χ4v) is 1.33. The van der Waals surface area contributed by atoms with E-state index in [9.17, 15) is 4.79 Å². The van der Waals surface area contributed by atoms with Gasteiger partial charge in [-0.2, -0.15) is 5.10 Å². The van der Waals surface area contributed by atoms with Gasteiger partial charge in [0.1, 0.15) is 0 Å². The maximum Gasteiger partial charge on any atom is 0.273 e. The van der Waals surface area contributed by atoms with Crippen molar-refractivity contribution in [3.8, 4) is 5.82 Å². The van der Waals surface area contributed by atoms with E-state index in [0.717, 1.165) is 0 Å². The summed E-state index contributed by atoms with van der Waals surface area (Å²) in [4.78, 5) is 13.1. The van der Waals surface area contributed by atoms with Gasteiger partial charge in [-0.1, -0.05) is 11.6 Å². The molecule has 0 saturated carbocycles. The number of hydrogen-bond acceptors (Lipinski definition) is 4. The summed E-state index contributed by atoms with van der Waals surface area (Å²) >= 11 is 5.63. The van der Waals surface area contributed by atoms with Crippen molar-refractivity contribution in [3.63, 3.8) is 0 Å². The molecule has 0 bridgehead atoms. The number of hydrogen-bond donors (Lipinski definition) is 0. The van der Waals surface area contributed by atoms with E-state index in [2.05, 4.69) is 15.3 Å². The van der Waals surface area contributed by atoms with E-state index < -0.39 is 0 Å². The van der Waals surface area contributed by atoms with Crippen molar-refractivity contribution in [3.05, 3.63) is 35.2 Å². The number of carbonyl (C=O) groups excluding carboxylic acids is 1. The van der Waals surface area contributed by atoms with Crippen LogP contribution in [0, 0.1) is 0 Å². The first-order valence-electron chi connectivity index (χ1n) is 4.85. The van der Waals surface area contributed by atoms with Crippen LogP contribution in [0.15, 0.2) is 24.4 Å². The second-order valence-corrected chi connectivity index (χ2v) is 3.95. The van der Waals surface area contributed by atoms with Crippen molar-refractivity contribution in [2.45, 2.75) is 0 Å². The Kier molecular flexibility index (Phi) is 3.06. The first-order chi connectivity index (χ1) is 8.08. The topological polar surface area (TPSA) is 63.9 Å². The molecule has 0 unspecified atom stereocenters. The number of halogens is 1.